The van der Waals surface area contributed by atoms with Crippen LogP contribution in [0, 0.1) is 5.82 Å². The molecule has 2 aromatic carbocycles. The van der Waals surface area contributed by atoms with Crippen molar-refractivity contribution in [1.29, 1.82) is 0 Å². The number of oxazole rings is 1. The van der Waals surface area contributed by atoms with Gasteiger partial charge in [0.25, 0.3) is 6.01 Å². The molecule has 0 aliphatic rings. The topological polar surface area (TPSA) is 80.0 Å². The fourth-order valence-corrected chi connectivity index (χ4v) is 3.41. The summed E-state index contributed by atoms with van der Waals surface area (Å²) >= 11 is 0. The van der Waals surface area contributed by atoms with Gasteiger partial charge in [0.15, 0.2) is 5.76 Å². The minimum absolute atomic E-state index is 0.216. The summed E-state index contributed by atoms with van der Waals surface area (Å²) in [5.74, 6) is 3.47. The van der Waals surface area contributed by atoms with Gasteiger partial charge in [0.2, 0.25) is 0 Å². The fraction of sp³-hybridized carbons (Fsp3) is 0.0500. The number of rotatable bonds is 5. The highest BCUT2D eigenvalue weighted by molar-refractivity contribution is 8.00. The minimum Gasteiger partial charge on any atom is -0.423 e. The van der Waals surface area contributed by atoms with Gasteiger partial charge in [0.05, 0.1) is 11.8 Å². The Hall–Kier alpha value is -3.39. The number of nitrogens with zero attached hydrogens (tertiary/aromatic N) is 2. The number of fused-ring (bicyclic) bond motifs is 1. The van der Waals surface area contributed by atoms with Gasteiger partial charge in [-0.3, -0.25) is 4.98 Å². The molecular weight excluding hydrogens is 379 g/mol. The number of pyridine rings is 1. The van der Waals surface area contributed by atoms with Crippen LogP contribution in [-0.2, 0) is 9.71 Å². The highest BCUT2D eigenvalue weighted by Crippen LogP contribution is 2.30. The summed E-state index contributed by atoms with van der Waals surface area (Å²) < 4.78 is 34.8. The van der Waals surface area contributed by atoms with Crippen LogP contribution in [0.15, 0.2) is 65.5 Å². The molecule has 0 bridgehead atoms. The predicted molar refractivity (Wildman–Crippen MR) is 112 cm³/mol. The van der Waals surface area contributed by atoms with Crippen molar-refractivity contribution in [3.63, 3.8) is 0 Å². The number of hydrogen-bond donors (Lipinski definition) is 2. The highest BCUT2D eigenvalue weighted by atomic mass is 32.2. The molecule has 1 atom stereocenters. The monoisotopic (exact) mass is 396 g/mol. The summed E-state index contributed by atoms with van der Waals surface area (Å²) in [4.78, 5) is 8.16. The lowest BCUT2D eigenvalue weighted by Gasteiger charge is -2.09. The zero-order valence-electron chi connectivity index (χ0n) is 15.0. The maximum Gasteiger partial charge on any atom is 0.299 e. The van der Waals surface area contributed by atoms with Crippen LogP contribution < -0.4 is 10.0 Å². The molecule has 0 saturated carbocycles. The number of benzene rings is 2. The van der Waals surface area contributed by atoms with Crippen molar-refractivity contribution in [2.24, 2.45) is 0 Å². The summed E-state index contributed by atoms with van der Waals surface area (Å²) in [6.45, 7) is 0. The van der Waals surface area contributed by atoms with E-state index in [9.17, 15) is 8.60 Å². The molecule has 6 nitrogen and oxygen atoms in total. The summed E-state index contributed by atoms with van der Waals surface area (Å²) in [5, 5.41) is 4.58. The number of nitrogens with one attached hydrogen (secondary N) is 2. The van der Waals surface area contributed by atoms with E-state index in [0.29, 0.717) is 28.1 Å². The highest BCUT2D eigenvalue weighted by Gasteiger charge is 2.13. The van der Waals surface area contributed by atoms with E-state index in [0.717, 1.165) is 5.39 Å². The lowest BCUT2D eigenvalue weighted by molar-refractivity contribution is 0.578. The molecule has 8 heteroatoms. The molecule has 0 fully saturated rings. The third kappa shape index (κ3) is 3.96. The van der Waals surface area contributed by atoms with Gasteiger partial charge in [-0.25, -0.2) is 13.6 Å². The molecule has 142 valence electrons. The second-order valence-corrected chi connectivity index (χ2v) is 8.61. The summed E-state index contributed by atoms with van der Waals surface area (Å²) in [5.41, 5.74) is 1.64. The second kappa shape index (κ2) is 6.97. The molecule has 1 unspecified atom stereocenters. The van der Waals surface area contributed by atoms with Gasteiger partial charge in [-0.2, -0.15) is 0 Å². The average Bonchev–Trinajstić information content (AvgIpc) is 3.08. The number of hydrogen-bond acceptors (Lipinski definition) is 5. The van der Waals surface area contributed by atoms with Crippen molar-refractivity contribution in [2.75, 3.05) is 16.3 Å². The number of aromatic nitrogens is 2. The summed E-state index contributed by atoms with van der Waals surface area (Å²) in [7, 11) is -2.38. The maximum atomic E-state index is 14.5. The quantitative estimate of drug-likeness (QED) is 0.487. The van der Waals surface area contributed by atoms with E-state index in [1.165, 1.54) is 18.5 Å². The molecule has 4 rings (SSSR count). The van der Waals surface area contributed by atoms with Crippen molar-refractivity contribution < 1.29 is 13.0 Å². The third-order valence-electron chi connectivity index (χ3n) is 3.95. The molecular formula is C20H17FN4O2S. The zero-order chi connectivity index (χ0) is 19.7. The first-order chi connectivity index (χ1) is 13.4. The Bertz CT molecular complexity index is 1270. The lowest BCUT2D eigenvalue weighted by atomic mass is 10.1. The van der Waals surface area contributed by atoms with Crippen LogP contribution in [-0.4, -0.2) is 26.3 Å². The zero-order valence-corrected chi connectivity index (χ0v) is 15.8. The SMILES string of the molecule is C=S(C)(=O)Nc1cccc(Nc2ncc(-c3cc4ccncc4cc3F)o2)c1. The van der Waals surface area contributed by atoms with Crippen molar-refractivity contribution in [2.45, 2.75) is 0 Å². The summed E-state index contributed by atoms with van der Waals surface area (Å²) in [6, 6.07) is 12.3. The average molecular weight is 396 g/mol. The van der Waals surface area contributed by atoms with Gasteiger partial charge in [0.1, 0.15) is 5.82 Å². The van der Waals surface area contributed by atoms with E-state index in [1.807, 2.05) is 0 Å². The Morgan fingerprint density at radius 2 is 1.93 bits per heavy atom. The Morgan fingerprint density at radius 3 is 2.75 bits per heavy atom. The predicted octanol–water partition coefficient (Wildman–Crippen LogP) is 4.45. The van der Waals surface area contributed by atoms with Gasteiger partial charge in [0, 0.05) is 45.1 Å². The Balaban J connectivity index is 1.60. The van der Waals surface area contributed by atoms with Crippen molar-refractivity contribution in [1.82, 2.24) is 9.97 Å². The number of halogens is 1. The van der Waals surface area contributed by atoms with Gasteiger partial charge in [-0.15, -0.1) is 0 Å². The lowest BCUT2D eigenvalue weighted by Crippen LogP contribution is -2.09. The molecule has 2 heterocycles. The van der Waals surface area contributed by atoms with Gasteiger partial charge >= 0.3 is 0 Å². The molecule has 0 aliphatic heterocycles. The van der Waals surface area contributed by atoms with E-state index < -0.39 is 15.5 Å². The molecule has 0 amide bonds. The Morgan fingerprint density at radius 1 is 1.11 bits per heavy atom. The smallest absolute Gasteiger partial charge is 0.299 e. The van der Waals surface area contributed by atoms with E-state index >= 15 is 0 Å². The van der Waals surface area contributed by atoms with E-state index in [-0.39, 0.29) is 6.01 Å². The molecule has 2 aromatic heterocycles. The first kappa shape index (κ1) is 18.0. The molecule has 28 heavy (non-hydrogen) atoms. The first-order valence-corrected chi connectivity index (χ1v) is 10.5. The minimum atomic E-state index is -2.38. The second-order valence-electron chi connectivity index (χ2n) is 6.40. The standard InChI is InChI=1S/C20H17FN4O2S/c1-28(2,26)25-16-5-3-4-15(10-16)24-20-23-12-19(27-20)17-8-13-6-7-22-11-14(13)9-18(17)21/h3-12H,1H2,2H3,(H,23,24)(H,25,26). The normalized spacial score (nSPS) is 13.2. The van der Waals surface area contributed by atoms with E-state index in [2.05, 4.69) is 25.9 Å². The first-order valence-electron chi connectivity index (χ1n) is 8.34. The van der Waals surface area contributed by atoms with Crippen molar-refractivity contribution >= 4 is 43.7 Å². The number of anilines is 3. The van der Waals surface area contributed by atoms with E-state index in [1.54, 1.807) is 48.8 Å². The molecule has 2 N–H and O–H groups in total. The maximum absolute atomic E-state index is 14.5. The Kier molecular flexibility index (Phi) is 4.48. The van der Waals surface area contributed by atoms with Crippen molar-refractivity contribution in [3.05, 3.63) is 66.9 Å². The fourth-order valence-electron chi connectivity index (χ4n) is 2.79. The van der Waals surface area contributed by atoms with Crippen LogP contribution >= 0.6 is 0 Å². The largest absolute Gasteiger partial charge is 0.423 e. The van der Waals surface area contributed by atoms with E-state index in [4.69, 9.17) is 4.42 Å². The molecule has 0 aliphatic carbocycles. The van der Waals surface area contributed by atoms with Crippen molar-refractivity contribution in [3.8, 4) is 11.3 Å². The van der Waals surface area contributed by atoms with Crippen LogP contribution in [0.5, 0.6) is 0 Å². The van der Waals surface area contributed by atoms with Gasteiger partial charge < -0.3 is 14.5 Å². The molecule has 0 saturated heterocycles. The summed E-state index contributed by atoms with van der Waals surface area (Å²) in [6.07, 6.45) is 6.24. The van der Waals surface area contributed by atoms with Crippen LogP contribution in [0.25, 0.3) is 22.1 Å². The third-order valence-corrected chi connectivity index (χ3v) is 4.61. The van der Waals surface area contributed by atoms with Gasteiger partial charge in [-0.05, 0) is 47.7 Å². The molecule has 4 aromatic rings. The van der Waals surface area contributed by atoms with Gasteiger partial charge in [-0.1, -0.05) is 6.07 Å². The molecule has 0 radical (unpaired) electrons. The van der Waals surface area contributed by atoms with Crippen LogP contribution in [0.2, 0.25) is 0 Å². The Labute approximate surface area is 161 Å². The van der Waals surface area contributed by atoms with Crippen LogP contribution in [0.4, 0.5) is 21.8 Å². The van der Waals surface area contributed by atoms with Crippen LogP contribution in [0.1, 0.15) is 0 Å². The van der Waals surface area contributed by atoms with Crippen LogP contribution in [0.3, 0.4) is 0 Å². The molecule has 0 spiro atoms.